The molecule has 0 spiro atoms. The van der Waals surface area contributed by atoms with Gasteiger partial charge in [-0.2, -0.15) is 0 Å². The Labute approximate surface area is 125 Å². The van der Waals surface area contributed by atoms with Gasteiger partial charge in [0.25, 0.3) is 0 Å². The van der Waals surface area contributed by atoms with Gasteiger partial charge in [0.1, 0.15) is 6.04 Å². The van der Waals surface area contributed by atoms with Crippen LogP contribution in [0.3, 0.4) is 0 Å². The van der Waals surface area contributed by atoms with Crippen molar-refractivity contribution in [3.63, 3.8) is 0 Å². The first-order valence-corrected chi connectivity index (χ1v) is 7.15. The molecule has 0 saturated carbocycles. The van der Waals surface area contributed by atoms with Crippen molar-refractivity contribution in [2.45, 2.75) is 45.2 Å². The van der Waals surface area contributed by atoms with Crippen LogP contribution in [0.25, 0.3) is 0 Å². The van der Waals surface area contributed by atoms with Crippen molar-refractivity contribution in [2.24, 2.45) is 28.1 Å². The van der Waals surface area contributed by atoms with Crippen molar-refractivity contribution in [3.8, 4) is 0 Å². The van der Waals surface area contributed by atoms with E-state index < -0.39 is 18.0 Å². The molecule has 0 bridgehead atoms. The van der Waals surface area contributed by atoms with Crippen LogP contribution in [0.2, 0.25) is 0 Å². The second-order valence-corrected chi connectivity index (χ2v) is 5.06. The van der Waals surface area contributed by atoms with E-state index in [1.165, 1.54) is 0 Å². The van der Waals surface area contributed by atoms with E-state index in [0.29, 0.717) is 19.4 Å². The quantitative estimate of drug-likeness (QED) is 0.192. The number of nitrogens with two attached hydrogens (primary N) is 3. The Morgan fingerprint density at radius 3 is 2.29 bits per heavy atom. The van der Waals surface area contributed by atoms with Crippen LogP contribution in [0.1, 0.15) is 33.1 Å². The summed E-state index contributed by atoms with van der Waals surface area (Å²) in [6.45, 7) is 4.28. The van der Waals surface area contributed by atoms with Crippen molar-refractivity contribution in [1.29, 1.82) is 0 Å². The van der Waals surface area contributed by atoms with Gasteiger partial charge in [0.05, 0.1) is 6.04 Å². The zero-order valence-electron chi connectivity index (χ0n) is 13.1. The van der Waals surface area contributed by atoms with Crippen molar-refractivity contribution in [3.05, 3.63) is 0 Å². The van der Waals surface area contributed by atoms with Crippen LogP contribution >= 0.6 is 0 Å². The number of primary amides is 1. The van der Waals surface area contributed by atoms with Crippen molar-refractivity contribution in [1.82, 2.24) is 10.6 Å². The maximum Gasteiger partial charge on any atom is 0.240 e. The Morgan fingerprint density at radius 1 is 1.24 bits per heavy atom. The van der Waals surface area contributed by atoms with Gasteiger partial charge >= 0.3 is 0 Å². The Morgan fingerprint density at radius 2 is 1.86 bits per heavy atom. The molecule has 0 aromatic rings. The Kier molecular flexibility index (Phi) is 9.11. The molecule has 0 aliphatic carbocycles. The standard InChI is InChI=1S/C13H28N6O2/c1-4-8(2)10(11(14)20)19-12(21)9(17-3)6-5-7-18-13(15)16/h8-10,17H,4-7H2,1-3H3,(H2,14,20)(H,19,21)(H4,15,16,18)/t8?,9-,10-/m0/s1. The number of rotatable bonds is 10. The van der Waals surface area contributed by atoms with Crippen LogP contribution in [0.15, 0.2) is 4.99 Å². The number of aliphatic imine (C=N–C) groups is 1. The van der Waals surface area contributed by atoms with Gasteiger partial charge in [0.15, 0.2) is 5.96 Å². The minimum Gasteiger partial charge on any atom is -0.370 e. The number of carbonyl (C=O) groups is 2. The maximum absolute atomic E-state index is 12.2. The lowest BCUT2D eigenvalue weighted by Crippen LogP contribution is -2.53. The molecule has 0 aliphatic rings. The van der Waals surface area contributed by atoms with Gasteiger partial charge in [0, 0.05) is 6.54 Å². The van der Waals surface area contributed by atoms with Gasteiger partial charge in [-0.25, -0.2) is 0 Å². The average Bonchev–Trinajstić information content (AvgIpc) is 2.43. The summed E-state index contributed by atoms with van der Waals surface area (Å²) >= 11 is 0. The largest absolute Gasteiger partial charge is 0.370 e. The molecular formula is C13H28N6O2. The molecule has 0 rings (SSSR count). The van der Waals surface area contributed by atoms with E-state index in [1.54, 1.807) is 7.05 Å². The Balaban J connectivity index is 4.49. The highest BCUT2D eigenvalue weighted by atomic mass is 16.2. The first-order chi connectivity index (χ1) is 9.83. The highest BCUT2D eigenvalue weighted by molar-refractivity contribution is 5.89. The minimum absolute atomic E-state index is 0.00871. The van der Waals surface area contributed by atoms with Gasteiger partial charge in [0.2, 0.25) is 11.8 Å². The monoisotopic (exact) mass is 300 g/mol. The second kappa shape index (κ2) is 9.98. The summed E-state index contributed by atoms with van der Waals surface area (Å²) < 4.78 is 0. The van der Waals surface area contributed by atoms with E-state index in [2.05, 4.69) is 15.6 Å². The summed E-state index contributed by atoms with van der Waals surface area (Å²) in [4.78, 5) is 27.5. The van der Waals surface area contributed by atoms with E-state index in [9.17, 15) is 9.59 Å². The van der Waals surface area contributed by atoms with E-state index in [4.69, 9.17) is 17.2 Å². The first kappa shape index (κ1) is 19.2. The molecule has 2 amide bonds. The van der Waals surface area contributed by atoms with Gasteiger partial charge in [-0.15, -0.1) is 0 Å². The summed E-state index contributed by atoms with van der Waals surface area (Å²) in [6.07, 6.45) is 1.97. The number of amides is 2. The third-order valence-corrected chi connectivity index (χ3v) is 3.43. The topological polar surface area (TPSA) is 149 Å². The zero-order valence-corrected chi connectivity index (χ0v) is 13.1. The number of nitrogens with one attached hydrogen (secondary N) is 2. The number of carbonyl (C=O) groups excluding carboxylic acids is 2. The molecule has 8 heteroatoms. The normalized spacial score (nSPS) is 14.8. The fourth-order valence-corrected chi connectivity index (χ4v) is 1.89. The van der Waals surface area contributed by atoms with Crippen molar-refractivity contribution >= 4 is 17.8 Å². The molecule has 0 saturated heterocycles. The SMILES string of the molecule is CCC(C)[C@H](NC(=O)[C@H](CCCN=C(N)N)NC)C(N)=O. The molecule has 3 atom stereocenters. The summed E-state index contributed by atoms with van der Waals surface area (Å²) in [6, 6.07) is -1.07. The maximum atomic E-state index is 12.2. The molecule has 8 N–H and O–H groups in total. The van der Waals surface area contributed by atoms with Gasteiger partial charge in [-0.1, -0.05) is 20.3 Å². The zero-order chi connectivity index (χ0) is 16.4. The number of guanidine groups is 1. The third-order valence-electron chi connectivity index (χ3n) is 3.43. The minimum atomic E-state index is -0.656. The molecule has 8 nitrogen and oxygen atoms in total. The number of hydrogen-bond acceptors (Lipinski definition) is 4. The highest BCUT2D eigenvalue weighted by Crippen LogP contribution is 2.08. The van der Waals surface area contributed by atoms with Crippen LogP contribution in [0.4, 0.5) is 0 Å². The lowest BCUT2D eigenvalue weighted by atomic mass is 9.98. The molecule has 0 fully saturated rings. The molecule has 0 aromatic carbocycles. The predicted octanol–water partition coefficient (Wildman–Crippen LogP) is -1.36. The highest BCUT2D eigenvalue weighted by Gasteiger charge is 2.26. The van der Waals surface area contributed by atoms with Crippen LogP contribution < -0.4 is 27.8 Å². The van der Waals surface area contributed by atoms with Gasteiger partial charge in [-0.05, 0) is 25.8 Å². The van der Waals surface area contributed by atoms with E-state index >= 15 is 0 Å². The smallest absolute Gasteiger partial charge is 0.240 e. The van der Waals surface area contributed by atoms with Crippen molar-refractivity contribution < 1.29 is 9.59 Å². The number of hydrogen-bond donors (Lipinski definition) is 5. The molecule has 0 heterocycles. The summed E-state index contributed by atoms with van der Waals surface area (Å²) in [5.41, 5.74) is 15.8. The fraction of sp³-hybridized carbons (Fsp3) is 0.769. The van der Waals surface area contributed by atoms with E-state index in [1.807, 2.05) is 13.8 Å². The molecule has 0 aliphatic heterocycles. The van der Waals surface area contributed by atoms with Crippen LogP contribution in [0.5, 0.6) is 0 Å². The lowest BCUT2D eigenvalue weighted by Gasteiger charge is -2.24. The predicted molar refractivity (Wildman–Crippen MR) is 83.3 cm³/mol. The van der Waals surface area contributed by atoms with Gasteiger partial charge < -0.3 is 27.8 Å². The van der Waals surface area contributed by atoms with E-state index in [0.717, 1.165) is 6.42 Å². The summed E-state index contributed by atoms with van der Waals surface area (Å²) in [5, 5.41) is 5.62. The second-order valence-electron chi connectivity index (χ2n) is 5.06. The Hall–Kier alpha value is -1.83. The number of nitrogens with zero attached hydrogens (tertiary/aromatic N) is 1. The third kappa shape index (κ3) is 7.50. The van der Waals surface area contributed by atoms with Crippen LogP contribution in [-0.4, -0.2) is 43.5 Å². The molecule has 0 radical (unpaired) electrons. The number of likely N-dealkylation sites (N-methyl/N-ethyl adjacent to an activating group) is 1. The van der Waals surface area contributed by atoms with Crippen molar-refractivity contribution in [2.75, 3.05) is 13.6 Å². The molecule has 122 valence electrons. The van der Waals surface area contributed by atoms with E-state index in [-0.39, 0.29) is 17.8 Å². The average molecular weight is 300 g/mol. The fourth-order valence-electron chi connectivity index (χ4n) is 1.89. The Bertz CT molecular complexity index is 368. The first-order valence-electron chi connectivity index (χ1n) is 7.15. The molecule has 0 aromatic heterocycles. The van der Waals surface area contributed by atoms with Crippen LogP contribution in [0, 0.1) is 5.92 Å². The molecular weight excluding hydrogens is 272 g/mol. The summed E-state index contributed by atoms with van der Waals surface area (Å²) in [7, 11) is 1.69. The van der Waals surface area contributed by atoms with Gasteiger partial charge in [-0.3, -0.25) is 14.6 Å². The summed E-state index contributed by atoms with van der Waals surface area (Å²) in [5.74, 6) is -0.740. The lowest BCUT2D eigenvalue weighted by molar-refractivity contribution is -0.129. The molecule has 1 unspecified atom stereocenters. The van der Waals surface area contributed by atoms with Crippen LogP contribution in [-0.2, 0) is 9.59 Å². The molecule has 21 heavy (non-hydrogen) atoms.